The summed E-state index contributed by atoms with van der Waals surface area (Å²) in [4.78, 5) is 29.8. The lowest BCUT2D eigenvalue weighted by Crippen LogP contribution is -2.35. The summed E-state index contributed by atoms with van der Waals surface area (Å²) in [6.45, 7) is 3.27. The van der Waals surface area contributed by atoms with E-state index in [-0.39, 0.29) is 17.6 Å². The van der Waals surface area contributed by atoms with Crippen LogP contribution in [-0.2, 0) is 6.54 Å². The maximum Gasteiger partial charge on any atom is 0.261 e. The summed E-state index contributed by atoms with van der Waals surface area (Å²) in [5, 5.41) is 4.76. The number of anilines is 1. The van der Waals surface area contributed by atoms with Gasteiger partial charge in [0.15, 0.2) is 0 Å². The van der Waals surface area contributed by atoms with Crippen LogP contribution in [0.2, 0.25) is 0 Å². The molecular formula is C24H24FN3O2S. The topological polar surface area (TPSA) is 52.7 Å². The van der Waals surface area contributed by atoms with Gasteiger partial charge in [-0.25, -0.2) is 4.39 Å². The van der Waals surface area contributed by atoms with Crippen LogP contribution in [0, 0.1) is 5.82 Å². The molecule has 0 saturated carbocycles. The van der Waals surface area contributed by atoms with E-state index in [1.165, 1.54) is 23.5 Å². The second-order valence-electron chi connectivity index (χ2n) is 7.47. The number of nitrogens with zero attached hydrogens (tertiary/aromatic N) is 2. The average Bonchev–Trinajstić information content (AvgIpc) is 3.23. The fraction of sp³-hybridized carbons (Fsp3) is 0.250. The normalized spacial score (nSPS) is 14.2. The van der Waals surface area contributed by atoms with Crippen molar-refractivity contribution < 1.29 is 14.0 Å². The lowest BCUT2D eigenvalue weighted by atomic mass is 10.1. The summed E-state index contributed by atoms with van der Waals surface area (Å²) in [7, 11) is 0. The molecule has 3 aromatic rings. The van der Waals surface area contributed by atoms with Gasteiger partial charge in [-0.05, 0) is 59.8 Å². The second kappa shape index (κ2) is 9.75. The summed E-state index contributed by atoms with van der Waals surface area (Å²) in [6.07, 6.45) is 0.857. The SMILES string of the molecule is O=C(NCc1ccc(C(=O)N2CCCN(c3ccc(F)cc3)CC2)cc1)c1cccs1. The summed E-state index contributed by atoms with van der Waals surface area (Å²) < 4.78 is 13.2. The van der Waals surface area contributed by atoms with Crippen LogP contribution in [0.15, 0.2) is 66.0 Å². The molecule has 0 atom stereocenters. The predicted molar refractivity (Wildman–Crippen MR) is 121 cm³/mol. The highest BCUT2D eigenvalue weighted by Crippen LogP contribution is 2.18. The molecule has 4 rings (SSSR count). The molecule has 2 heterocycles. The first-order valence-electron chi connectivity index (χ1n) is 10.3. The van der Waals surface area contributed by atoms with Crippen molar-refractivity contribution in [3.05, 3.63) is 87.9 Å². The van der Waals surface area contributed by atoms with Crippen molar-refractivity contribution in [1.82, 2.24) is 10.2 Å². The predicted octanol–water partition coefficient (Wildman–Crippen LogP) is 4.17. The molecular weight excluding hydrogens is 413 g/mol. The number of nitrogens with one attached hydrogen (secondary N) is 1. The summed E-state index contributed by atoms with van der Waals surface area (Å²) in [6, 6.07) is 17.5. The van der Waals surface area contributed by atoms with Crippen molar-refractivity contribution in [1.29, 1.82) is 0 Å². The Kier molecular flexibility index (Phi) is 6.62. The van der Waals surface area contributed by atoms with Crippen LogP contribution in [-0.4, -0.2) is 42.9 Å². The molecule has 1 saturated heterocycles. The number of carbonyl (C=O) groups excluding carboxylic acids is 2. The minimum absolute atomic E-state index is 0.00938. The largest absolute Gasteiger partial charge is 0.370 e. The molecule has 7 heteroatoms. The van der Waals surface area contributed by atoms with E-state index >= 15 is 0 Å². The lowest BCUT2D eigenvalue weighted by molar-refractivity contribution is 0.0766. The minimum Gasteiger partial charge on any atom is -0.370 e. The molecule has 0 spiro atoms. The summed E-state index contributed by atoms with van der Waals surface area (Å²) >= 11 is 1.41. The van der Waals surface area contributed by atoms with Gasteiger partial charge in [-0.3, -0.25) is 9.59 Å². The third-order valence-electron chi connectivity index (χ3n) is 5.37. The standard InChI is InChI=1S/C24H24FN3O2S/c25-20-8-10-21(11-9-20)27-12-2-13-28(15-14-27)24(30)19-6-4-18(5-7-19)17-26-23(29)22-3-1-16-31-22/h1,3-11,16H,2,12-15,17H2,(H,26,29). The van der Waals surface area contributed by atoms with E-state index in [4.69, 9.17) is 0 Å². The van der Waals surface area contributed by atoms with E-state index in [1.54, 1.807) is 18.2 Å². The first-order chi connectivity index (χ1) is 15.1. The van der Waals surface area contributed by atoms with Gasteiger partial charge in [-0.1, -0.05) is 18.2 Å². The summed E-state index contributed by atoms with van der Waals surface area (Å²) in [5.74, 6) is -0.328. The van der Waals surface area contributed by atoms with E-state index in [1.807, 2.05) is 40.6 Å². The number of thiophene rings is 1. The Hall–Kier alpha value is -3.19. The van der Waals surface area contributed by atoms with Gasteiger partial charge in [-0.15, -0.1) is 11.3 Å². The van der Waals surface area contributed by atoms with Crippen molar-refractivity contribution in [3.63, 3.8) is 0 Å². The number of hydrogen-bond donors (Lipinski definition) is 1. The van der Waals surface area contributed by atoms with E-state index in [0.717, 1.165) is 24.2 Å². The molecule has 5 nitrogen and oxygen atoms in total. The molecule has 0 aliphatic carbocycles. The molecule has 0 radical (unpaired) electrons. The van der Waals surface area contributed by atoms with Gasteiger partial charge in [0.1, 0.15) is 5.82 Å². The molecule has 1 aliphatic rings. The van der Waals surface area contributed by atoms with E-state index in [9.17, 15) is 14.0 Å². The Morgan fingerprint density at radius 2 is 1.71 bits per heavy atom. The Bertz CT molecular complexity index is 1020. The Balaban J connectivity index is 1.32. The van der Waals surface area contributed by atoms with Crippen LogP contribution in [0.3, 0.4) is 0 Å². The molecule has 1 aliphatic heterocycles. The van der Waals surface area contributed by atoms with Gasteiger partial charge in [0.2, 0.25) is 0 Å². The van der Waals surface area contributed by atoms with Gasteiger partial charge in [-0.2, -0.15) is 0 Å². The maximum absolute atomic E-state index is 13.2. The fourth-order valence-electron chi connectivity index (χ4n) is 3.66. The highest BCUT2D eigenvalue weighted by molar-refractivity contribution is 7.12. The molecule has 31 heavy (non-hydrogen) atoms. The zero-order valence-corrected chi connectivity index (χ0v) is 17.9. The highest BCUT2D eigenvalue weighted by atomic mass is 32.1. The van der Waals surface area contributed by atoms with Crippen molar-refractivity contribution in [2.24, 2.45) is 0 Å². The van der Waals surface area contributed by atoms with Gasteiger partial charge in [0, 0.05) is 44.0 Å². The fourth-order valence-corrected chi connectivity index (χ4v) is 4.30. The zero-order valence-electron chi connectivity index (χ0n) is 17.1. The average molecular weight is 438 g/mol. The Morgan fingerprint density at radius 3 is 2.42 bits per heavy atom. The molecule has 1 N–H and O–H groups in total. The number of benzene rings is 2. The van der Waals surface area contributed by atoms with E-state index in [0.29, 0.717) is 36.6 Å². The monoisotopic (exact) mass is 437 g/mol. The van der Waals surface area contributed by atoms with Crippen LogP contribution in [0.1, 0.15) is 32.0 Å². The second-order valence-corrected chi connectivity index (χ2v) is 8.41. The van der Waals surface area contributed by atoms with Crippen LogP contribution in [0.25, 0.3) is 0 Å². The quantitative estimate of drug-likeness (QED) is 0.652. The van der Waals surface area contributed by atoms with Crippen LogP contribution in [0.4, 0.5) is 10.1 Å². The van der Waals surface area contributed by atoms with Crippen LogP contribution < -0.4 is 10.2 Å². The number of carbonyl (C=O) groups is 2. The lowest BCUT2D eigenvalue weighted by Gasteiger charge is -2.24. The molecule has 1 aromatic heterocycles. The third kappa shape index (κ3) is 5.30. The van der Waals surface area contributed by atoms with Crippen LogP contribution in [0.5, 0.6) is 0 Å². The van der Waals surface area contributed by atoms with Crippen LogP contribution >= 0.6 is 11.3 Å². The van der Waals surface area contributed by atoms with Crippen molar-refractivity contribution >= 4 is 28.8 Å². The first kappa shape index (κ1) is 21.1. The molecule has 1 fully saturated rings. The molecule has 0 unspecified atom stereocenters. The molecule has 0 bridgehead atoms. The minimum atomic E-state index is -0.245. The third-order valence-corrected chi connectivity index (χ3v) is 6.24. The smallest absolute Gasteiger partial charge is 0.261 e. The molecule has 2 aromatic carbocycles. The Morgan fingerprint density at radius 1 is 0.935 bits per heavy atom. The first-order valence-corrected chi connectivity index (χ1v) is 11.2. The molecule has 160 valence electrons. The Labute approximate surface area is 185 Å². The van der Waals surface area contributed by atoms with E-state index < -0.39 is 0 Å². The van der Waals surface area contributed by atoms with Gasteiger partial charge < -0.3 is 15.1 Å². The molecule has 2 amide bonds. The maximum atomic E-state index is 13.2. The van der Waals surface area contributed by atoms with Gasteiger partial charge in [0.05, 0.1) is 4.88 Å². The number of rotatable bonds is 5. The zero-order chi connectivity index (χ0) is 21.6. The highest BCUT2D eigenvalue weighted by Gasteiger charge is 2.20. The number of hydrogen-bond acceptors (Lipinski definition) is 4. The van der Waals surface area contributed by atoms with Crippen molar-refractivity contribution in [2.75, 3.05) is 31.1 Å². The van der Waals surface area contributed by atoms with Gasteiger partial charge in [0.25, 0.3) is 11.8 Å². The van der Waals surface area contributed by atoms with Crippen molar-refractivity contribution in [2.45, 2.75) is 13.0 Å². The summed E-state index contributed by atoms with van der Waals surface area (Å²) in [5.41, 5.74) is 2.56. The van der Waals surface area contributed by atoms with Gasteiger partial charge >= 0.3 is 0 Å². The number of halogens is 1. The number of amides is 2. The van der Waals surface area contributed by atoms with E-state index in [2.05, 4.69) is 10.2 Å². The van der Waals surface area contributed by atoms with Crippen molar-refractivity contribution in [3.8, 4) is 0 Å².